The maximum absolute atomic E-state index is 11.9. The van der Waals surface area contributed by atoms with E-state index < -0.39 is 18.6 Å². The number of thiazole rings is 1. The molecule has 1 aromatic rings. The van der Waals surface area contributed by atoms with Crippen LogP contribution in [0.2, 0.25) is 5.15 Å². The Bertz CT molecular complexity index is 422. The first-order valence-corrected chi connectivity index (χ1v) is 5.97. The van der Waals surface area contributed by atoms with Gasteiger partial charge in [-0.15, -0.1) is 0 Å². The van der Waals surface area contributed by atoms with Crippen LogP contribution in [0.1, 0.15) is 22.5 Å². The van der Waals surface area contributed by atoms with Crippen LogP contribution in [0.25, 0.3) is 0 Å². The van der Waals surface area contributed by atoms with Crippen LogP contribution in [0.5, 0.6) is 5.19 Å². The van der Waals surface area contributed by atoms with Crippen molar-refractivity contribution in [3.8, 4) is 5.19 Å². The third-order valence-electron chi connectivity index (χ3n) is 1.77. The van der Waals surface area contributed by atoms with E-state index in [1.807, 2.05) is 0 Å². The number of esters is 1. The number of carbonyl (C=O) groups excluding carboxylic acids is 1. The normalized spacial score (nSPS) is 11.4. The van der Waals surface area contributed by atoms with E-state index in [1.54, 1.807) is 0 Å². The van der Waals surface area contributed by atoms with Gasteiger partial charge in [0.1, 0.15) is 0 Å². The Morgan fingerprint density at radius 2 is 2.17 bits per heavy atom. The van der Waals surface area contributed by atoms with Crippen molar-refractivity contribution in [1.82, 2.24) is 4.98 Å². The fourth-order valence-corrected chi connectivity index (χ4v) is 2.07. The first-order valence-electron chi connectivity index (χ1n) is 4.77. The van der Waals surface area contributed by atoms with E-state index in [4.69, 9.17) is 16.3 Å². The van der Waals surface area contributed by atoms with Gasteiger partial charge >= 0.3 is 12.1 Å². The maximum Gasteiger partial charge on any atom is 0.389 e. The largest absolute Gasteiger partial charge is 0.470 e. The van der Waals surface area contributed by atoms with Crippen molar-refractivity contribution in [3.63, 3.8) is 0 Å². The number of hydrogen-bond acceptors (Lipinski definition) is 5. The monoisotopic (exact) mass is 303 g/mol. The lowest BCUT2D eigenvalue weighted by Gasteiger charge is -2.05. The molecular formula is C9H9ClF3NO3S. The highest BCUT2D eigenvalue weighted by Crippen LogP contribution is 2.29. The highest BCUT2D eigenvalue weighted by Gasteiger charge is 2.26. The number of halogens is 4. The molecule has 0 N–H and O–H groups in total. The van der Waals surface area contributed by atoms with E-state index in [-0.39, 0.29) is 28.3 Å². The molecule has 0 aliphatic rings. The zero-order valence-electron chi connectivity index (χ0n) is 9.21. The summed E-state index contributed by atoms with van der Waals surface area (Å²) in [6, 6.07) is 0. The number of hydrogen-bond donors (Lipinski definition) is 0. The van der Waals surface area contributed by atoms with Crippen molar-refractivity contribution in [2.24, 2.45) is 0 Å². The molecule has 0 fully saturated rings. The van der Waals surface area contributed by atoms with Gasteiger partial charge < -0.3 is 9.47 Å². The highest BCUT2D eigenvalue weighted by molar-refractivity contribution is 7.15. The highest BCUT2D eigenvalue weighted by atomic mass is 35.5. The average molecular weight is 304 g/mol. The molecule has 1 heterocycles. The lowest BCUT2D eigenvalue weighted by molar-refractivity contribution is -0.136. The molecule has 18 heavy (non-hydrogen) atoms. The van der Waals surface area contributed by atoms with E-state index in [2.05, 4.69) is 9.72 Å². The van der Waals surface area contributed by atoms with Crippen molar-refractivity contribution in [3.05, 3.63) is 10.0 Å². The molecule has 0 atom stereocenters. The van der Waals surface area contributed by atoms with Gasteiger partial charge in [-0.1, -0.05) is 22.9 Å². The van der Waals surface area contributed by atoms with E-state index in [9.17, 15) is 18.0 Å². The summed E-state index contributed by atoms with van der Waals surface area (Å²) >= 11 is 6.47. The molecule has 0 bridgehead atoms. The first-order chi connectivity index (χ1) is 8.33. The third-order valence-corrected chi connectivity index (χ3v) is 3.10. The molecule has 1 rings (SSSR count). The van der Waals surface area contributed by atoms with Gasteiger partial charge in [-0.05, 0) is 6.42 Å². The maximum atomic E-state index is 11.9. The van der Waals surface area contributed by atoms with Crippen molar-refractivity contribution >= 4 is 28.9 Å². The van der Waals surface area contributed by atoms with Crippen molar-refractivity contribution in [2.75, 3.05) is 13.7 Å². The fourth-order valence-electron chi connectivity index (χ4n) is 0.996. The molecule has 0 amide bonds. The predicted molar refractivity (Wildman–Crippen MR) is 59.2 cm³/mol. The standard InChI is InChI=1S/C9H9ClF3NO3S/c1-16-7(15)5-6(10)14-8(18-5)17-4-2-3-9(11,12)13/h2-4H2,1H3. The molecule has 0 saturated heterocycles. The lowest BCUT2D eigenvalue weighted by atomic mass is 10.3. The van der Waals surface area contributed by atoms with Crippen LogP contribution in [-0.2, 0) is 4.74 Å². The number of methoxy groups -OCH3 is 1. The SMILES string of the molecule is COC(=O)c1sc(OCCCC(F)(F)F)nc1Cl. The van der Waals surface area contributed by atoms with Crippen molar-refractivity contribution in [1.29, 1.82) is 0 Å². The molecule has 0 unspecified atom stereocenters. The Morgan fingerprint density at radius 1 is 1.50 bits per heavy atom. The second-order valence-electron chi connectivity index (χ2n) is 3.16. The van der Waals surface area contributed by atoms with Crippen LogP contribution < -0.4 is 4.74 Å². The van der Waals surface area contributed by atoms with Crippen molar-refractivity contribution < 1.29 is 27.4 Å². The number of rotatable bonds is 5. The van der Waals surface area contributed by atoms with Crippen LogP contribution in [-0.4, -0.2) is 30.8 Å². The van der Waals surface area contributed by atoms with Gasteiger partial charge in [-0.3, -0.25) is 0 Å². The minimum absolute atomic E-state index is 0.0441. The van der Waals surface area contributed by atoms with Gasteiger partial charge in [0.25, 0.3) is 5.19 Å². The molecule has 0 radical (unpaired) electrons. The smallest absolute Gasteiger partial charge is 0.389 e. The van der Waals surface area contributed by atoms with Crippen LogP contribution in [0.3, 0.4) is 0 Å². The summed E-state index contributed by atoms with van der Waals surface area (Å²) in [5, 5.41) is -0.0414. The van der Waals surface area contributed by atoms with Crippen molar-refractivity contribution in [2.45, 2.75) is 19.0 Å². The Balaban J connectivity index is 2.47. The summed E-state index contributed by atoms with van der Waals surface area (Å²) in [7, 11) is 1.18. The van der Waals surface area contributed by atoms with Gasteiger partial charge in [0, 0.05) is 6.42 Å². The number of ether oxygens (including phenoxy) is 2. The predicted octanol–water partition coefficient (Wildman–Crippen LogP) is 3.30. The molecule has 1 aromatic heterocycles. The molecular weight excluding hydrogens is 295 g/mol. The van der Waals surface area contributed by atoms with Crippen LogP contribution >= 0.6 is 22.9 Å². The van der Waals surface area contributed by atoms with Crippen LogP contribution in [0.4, 0.5) is 13.2 Å². The van der Waals surface area contributed by atoms with Gasteiger partial charge in [0.2, 0.25) is 0 Å². The van der Waals surface area contributed by atoms with Crippen LogP contribution in [0.15, 0.2) is 0 Å². The zero-order chi connectivity index (χ0) is 13.8. The van der Waals surface area contributed by atoms with Gasteiger partial charge in [-0.25, -0.2) is 4.79 Å². The molecule has 0 spiro atoms. The molecule has 102 valence electrons. The third kappa shape index (κ3) is 4.69. The zero-order valence-corrected chi connectivity index (χ0v) is 10.8. The Hall–Kier alpha value is -1.02. The topological polar surface area (TPSA) is 48.4 Å². The van der Waals surface area contributed by atoms with Gasteiger partial charge in [0.15, 0.2) is 10.0 Å². The molecule has 0 aliphatic carbocycles. The van der Waals surface area contributed by atoms with E-state index >= 15 is 0 Å². The summed E-state index contributed by atoms with van der Waals surface area (Å²) in [5.41, 5.74) is 0. The minimum Gasteiger partial charge on any atom is -0.470 e. The summed E-state index contributed by atoms with van der Waals surface area (Å²) in [5.74, 6) is -0.664. The summed E-state index contributed by atoms with van der Waals surface area (Å²) in [6.45, 7) is -0.149. The molecule has 4 nitrogen and oxygen atoms in total. The number of nitrogens with zero attached hydrogens (tertiary/aromatic N) is 1. The molecule has 9 heteroatoms. The molecule has 0 aliphatic heterocycles. The Kier molecular flexibility index (Phi) is 5.21. The second-order valence-corrected chi connectivity index (χ2v) is 4.48. The average Bonchev–Trinajstić information content (AvgIpc) is 2.64. The first kappa shape index (κ1) is 15.0. The van der Waals surface area contributed by atoms with E-state index in [1.165, 1.54) is 7.11 Å². The second kappa shape index (κ2) is 6.24. The molecule has 0 saturated carbocycles. The summed E-state index contributed by atoms with van der Waals surface area (Å²) in [4.78, 5) is 14.9. The number of carbonyl (C=O) groups is 1. The van der Waals surface area contributed by atoms with E-state index in [0.29, 0.717) is 0 Å². The fraction of sp³-hybridized carbons (Fsp3) is 0.556. The molecule has 0 aromatic carbocycles. The summed E-state index contributed by atoms with van der Waals surface area (Å²) in [6.07, 6.45) is -5.33. The lowest BCUT2D eigenvalue weighted by Crippen LogP contribution is -2.09. The Labute approximate surface area is 110 Å². The minimum atomic E-state index is -4.21. The summed E-state index contributed by atoms with van der Waals surface area (Å²) < 4.78 is 45.0. The number of aromatic nitrogens is 1. The van der Waals surface area contributed by atoms with Gasteiger partial charge in [-0.2, -0.15) is 18.2 Å². The quantitative estimate of drug-likeness (QED) is 0.618. The Morgan fingerprint density at radius 3 is 2.72 bits per heavy atom. The van der Waals surface area contributed by atoms with Crippen LogP contribution in [0, 0.1) is 0 Å². The number of alkyl halides is 3. The van der Waals surface area contributed by atoms with Gasteiger partial charge in [0.05, 0.1) is 13.7 Å². The van der Waals surface area contributed by atoms with E-state index in [0.717, 1.165) is 11.3 Å².